The topological polar surface area (TPSA) is 49.9 Å². The van der Waals surface area contributed by atoms with Crippen LogP contribution in [0, 0.1) is 5.41 Å². The summed E-state index contributed by atoms with van der Waals surface area (Å²) in [5.41, 5.74) is 1.23. The van der Waals surface area contributed by atoms with Crippen molar-refractivity contribution in [3.05, 3.63) is 42.0 Å². The third kappa shape index (κ3) is 4.15. The smallest absolute Gasteiger partial charge is 0.322 e. The van der Waals surface area contributed by atoms with Gasteiger partial charge in [0.05, 0.1) is 7.11 Å². The highest BCUT2D eigenvalue weighted by atomic mass is 16.5. The van der Waals surface area contributed by atoms with Gasteiger partial charge in [-0.2, -0.15) is 0 Å². The maximum atomic E-state index is 12.5. The molecule has 1 amide bonds. The highest BCUT2D eigenvalue weighted by Crippen LogP contribution is 2.41. The van der Waals surface area contributed by atoms with Gasteiger partial charge in [-0.1, -0.05) is 42.5 Å². The van der Waals surface area contributed by atoms with E-state index in [1.807, 2.05) is 30.0 Å². The maximum Gasteiger partial charge on any atom is 0.322 e. The Labute approximate surface area is 155 Å². The van der Waals surface area contributed by atoms with Gasteiger partial charge >= 0.3 is 5.97 Å². The zero-order chi connectivity index (χ0) is 18.6. The zero-order valence-corrected chi connectivity index (χ0v) is 15.7. The fourth-order valence-electron chi connectivity index (χ4n) is 4.07. The lowest BCUT2D eigenvalue weighted by Crippen LogP contribution is -2.48. The first-order chi connectivity index (χ1) is 12.5. The average molecular weight is 356 g/mol. The van der Waals surface area contributed by atoms with Crippen LogP contribution < -0.4 is 0 Å². The summed E-state index contributed by atoms with van der Waals surface area (Å²) in [4.78, 5) is 28.3. The fourth-order valence-corrected chi connectivity index (χ4v) is 4.07. The van der Waals surface area contributed by atoms with E-state index in [2.05, 4.69) is 29.2 Å². The number of hydrogen-bond donors (Lipinski definition) is 0. The van der Waals surface area contributed by atoms with E-state index in [0.29, 0.717) is 13.0 Å². The van der Waals surface area contributed by atoms with E-state index >= 15 is 0 Å². The van der Waals surface area contributed by atoms with Gasteiger partial charge in [-0.25, -0.2) is 0 Å². The average Bonchev–Trinajstić information content (AvgIpc) is 2.97. The standard InChI is InChI=1S/C21H28N2O3/c1-17(20(25)26-2)22-13-10-21(11-14-22)15-19(24)23(16-21)12-6-9-18-7-4-3-5-8-18/h3-9,17H,10-16H2,1-2H3/b9-6+/t17-/m1/s1. The van der Waals surface area contributed by atoms with Crippen LogP contribution in [-0.2, 0) is 14.3 Å². The summed E-state index contributed by atoms with van der Waals surface area (Å²) in [5.74, 6) is 0.0632. The largest absolute Gasteiger partial charge is 0.468 e. The van der Waals surface area contributed by atoms with E-state index in [4.69, 9.17) is 4.74 Å². The summed E-state index contributed by atoms with van der Waals surface area (Å²) < 4.78 is 4.85. The molecule has 1 spiro atoms. The number of carbonyl (C=O) groups is 2. The van der Waals surface area contributed by atoms with Gasteiger partial charge in [-0.3, -0.25) is 14.5 Å². The van der Waals surface area contributed by atoms with Crippen LogP contribution >= 0.6 is 0 Å². The molecule has 0 N–H and O–H groups in total. The summed E-state index contributed by atoms with van der Waals surface area (Å²) in [6.45, 7) is 5.07. The van der Waals surface area contributed by atoms with Gasteiger partial charge in [0.2, 0.25) is 5.91 Å². The van der Waals surface area contributed by atoms with Gasteiger partial charge in [0.15, 0.2) is 0 Å². The van der Waals surface area contributed by atoms with Crippen LogP contribution in [0.1, 0.15) is 31.7 Å². The van der Waals surface area contributed by atoms with Crippen LogP contribution in [0.3, 0.4) is 0 Å². The molecular formula is C21H28N2O3. The molecule has 1 aromatic carbocycles. The Morgan fingerprint density at radius 1 is 1.27 bits per heavy atom. The fraction of sp³-hybridized carbons (Fsp3) is 0.524. The molecule has 0 aliphatic carbocycles. The first-order valence-corrected chi connectivity index (χ1v) is 9.34. The predicted molar refractivity (Wildman–Crippen MR) is 101 cm³/mol. The molecule has 3 rings (SSSR count). The first-order valence-electron chi connectivity index (χ1n) is 9.34. The number of esters is 1. The Morgan fingerprint density at radius 2 is 1.96 bits per heavy atom. The maximum absolute atomic E-state index is 12.5. The van der Waals surface area contributed by atoms with Crippen LogP contribution in [-0.4, -0.2) is 61.0 Å². The first kappa shape index (κ1) is 18.6. The van der Waals surface area contributed by atoms with Crippen molar-refractivity contribution in [2.24, 2.45) is 5.41 Å². The van der Waals surface area contributed by atoms with Crippen molar-refractivity contribution >= 4 is 18.0 Å². The quantitative estimate of drug-likeness (QED) is 0.761. The van der Waals surface area contributed by atoms with Gasteiger partial charge in [0, 0.05) is 19.5 Å². The van der Waals surface area contributed by atoms with Crippen LogP contribution in [0.5, 0.6) is 0 Å². The molecule has 0 aromatic heterocycles. The van der Waals surface area contributed by atoms with Crippen LogP contribution in [0.2, 0.25) is 0 Å². The molecule has 0 bridgehead atoms. The van der Waals surface area contributed by atoms with Crippen molar-refractivity contribution in [2.45, 2.75) is 32.2 Å². The summed E-state index contributed by atoms with van der Waals surface area (Å²) >= 11 is 0. The van der Waals surface area contributed by atoms with Gasteiger partial charge in [-0.15, -0.1) is 0 Å². The molecule has 2 aliphatic heterocycles. The number of benzene rings is 1. The van der Waals surface area contributed by atoms with Crippen molar-refractivity contribution in [1.29, 1.82) is 0 Å². The zero-order valence-electron chi connectivity index (χ0n) is 15.7. The highest BCUT2D eigenvalue weighted by molar-refractivity contribution is 5.80. The van der Waals surface area contributed by atoms with Gasteiger partial charge in [-0.05, 0) is 43.8 Å². The molecule has 0 unspecified atom stereocenters. The second-order valence-electron chi connectivity index (χ2n) is 7.50. The third-order valence-corrected chi connectivity index (χ3v) is 5.79. The Kier molecular flexibility index (Phi) is 5.77. The second kappa shape index (κ2) is 8.04. The molecule has 2 aliphatic rings. The summed E-state index contributed by atoms with van der Waals surface area (Å²) in [5, 5.41) is 0. The molecule has 1 atom stereocenters. The SMILES string of the molecule is COC(=O)[C@@H](C)N1CCC2(CC1)CC(=O)N(C/C=C/c1ccccc1)C2. The van der Waals surface area contributed by atoms with Gasteiger partial charge in [0.25, 0.3) is 0 Å². The van der Waals surface area contributed by atoms with E-state index < -0.39 is 0 Å². The molecular weight excluding hydrogens is 328 g/mol. The van der Waals surface area contributed by atoms with Crippen molar-refractivity contribution < 1.29 is 14.3 Å². The Bertz CT molecular complexity index is 663. The Balaban J connectivity index is 1.53. The van der Waals surface area contributed by atoms with Crippen molar-refractivity contribution in [3.63, 3.8) is 0 Å². The number of rotatable bonds is 5. The molecule has 140 valence electrons. The van der Waals surface area contributed by atoms with Crippen LogP contribution in [0.4, 0.5) is 0 Å². The number of piperidine rings is 1. The Morgan fingerprint density at radius 3 is 2.62 bits per heavy atom. The van der Waals surface area contributed by atoms with E-state index in [-0.39, 0.29) is 23.3 Å². The minimum atomic E-state index is -0.209. The van der Waals surface area contributed by atoms with E-state index in [0.717, 1.165) is 38.0 Å². The second-order valence-corrected chi connectivity index (χ2v) is 7.50. The number of amides is 1. The molecule has 2 fully saturated rings. The Hall–Kier alpha value is -2.14. The minimum Gasteiger partial charge on any atom is -0.468 e. The number of hydrogen-bond acceptors (Lipinski definition) is 4. The molecule has 26 heavy (non-hydrogen) atoms. The number of carbonyl (C=O) groups excluding carboxylic acids is 2. The summed E-state index contributed by atoms with van der Waals surface area (Å²) in [7, 11) is 1.43. The molecule has 2 heterocycles. The van der Waals surface area contributed by atoms with Gasteiger partial charge in [0.1, 0.15) is 6.04 Å². The minimum absolute atomic E-state index is 0.0734. The number of methoxy groups -OCH3 is 1. The molecule has 5 heteroatoms. The van der Waals surface area contributed by atoms with E-state index in [1.54, 1.807) is 0 Å². The lowest BCUT2D eigenvalue weighted by atomic mass is 9.77. The number of ether oxygens (including phenoxy) is 1. The summed E-state index contributed by atoms with van der Waals surface area (Å²) in [6.07, 6.45) is 6.68. The third-order valence-electron chi connectivity index (χ3n) is 5.79. The lowest BCUT2D eigenvalue weighted by molar-refractivity contribution is -0.147. The molecule has 2 saturated heterocycles. The van der Waals surface area contributed by atoms with E-state index in [9.17, 15) is 9.59 Å². The summed E-state index contributed by atoms with van der Waals surface area (Å²) in [6, 6.07) is 9.93. The molecule has 5 nitrogen and oxygen atoms in total. The lowest BCUT2D eigenvalue weighted by Gasteiger charge is -2.40. The van der Waals surface area contributed by atoms with E-state index in [1.165, 1.54) is 7.11 Å². The van der Waals surface area contributed by atoms with Crippen molar-refractivity contribution in [3.8, 4) is 0 Å². The number of likely N-dealkylation sites (tertiary alicyclic amines) is 2. The van der Waals surface area contributed by atoms with Crippen molar-refractivity contribution in [2.75, 3.05) is 33.3 Å². The number of nitrogens with zero attached hydrogens (tertiary/aromatic N) is 2. The normalized spacial score (nSPS) is 21.5. The monoisotopic (exact) mass is 356 g/mol. The molecule has 0 saturated carbocycles. The molecule has 0 radical (unpaired) electrons. The molecule has 1 aromatic rings. The predicted octanol–water partition coefficient (Wildman–Crippen LogP) is 2.58. The van der Waals surface area contributed by atoms with Crippen molar-refractivity contribution in [1.82, 2.24) is 9.80 Å². The highest BCUT2D eigenvalue weighted by Gasteiger charge is 2.45. The van der Waals surface area contributed by atoms with Crippen LogP contribution in [0.25, 0.3) is 6.08 Å². The van der Waals surface area contributed by atoms with Crippen LogP contribution in [0.15, 0.2) is 36.4 Å². The van der Waals surface area contributed by atoms with Gasteiger partial charge < -0.3 is 9.64 Å².